The van der Waals surface area contributed by atoms with Crippen LogP contribution in [-0.2, 0) is 14.3 Å². The van der Waals surface area contributed by atoms with Crippen molar-refractivity contribution in [2.24, 2.45) is 0 Å². The number of amides is 1. The maximum Gasteiger partial charge on any atom is 0.216 e. The lowest BCUT2D eigenvalue weighted by atomic mass is 9.90. The van der Waals surface area contributed by atoms with Crippen LogP contribution >= 0.6 is 11.6 Å². The molecule has 7 heteroatoms. The second kappa shape index (κ2) is 7.37. The Morgan fingerprint density at radius 3 is 3.05 bits per heavy atom. The molecule has 1 amide bonds. The van der Waals surface area contributed by atoms with Gasteiger partial charge in [-0.05, 0) is 17.7 Å². The number of hydrogen-bond donors (Lipinski definition) is 2. The van der Waals surface area contributed by atoms with Gasteiger partial charge in [0.1, 0.15) is 17.5 Å². The molecular formula is C15H20ClFN2O3. The molecule has 1 aliphatic heterocycles. The molecule has 0 saturated carbocycles. The van der Waals surface area contributed by atoms with Crippen molar-refractivity contribution in [1.29, 1.82) is 0 Å². The highest BCUT2D eigenvalue weighted by Crippen LogP contribution is 2.34. The van der Waals surface area contributed by atoms with Gasteiger partial charge < -0.3 is 20.1 Å². The molecule has 1 aliphatic rings. The normalized spacial score (nSPS) is 25.5. The second-order valence-corrected chi connectivity index (χ2v) is 5.69. The Kier molecular flexibility index (Phi) is 5.74. The predicted molar refractivity (Wildman–Crippen MR) is 81.4 cm³/mol. The van der Waals surface area contributed by atoms with Crippen LogP contribution < -0.4 is 10.6 Å². The summed E-state index contributed by atoms with van der Waals surface area (Å²) < 4.78 is 25.4. The minimum absolute atomic E-state index is 0.0559. The Hall–Kier alpha value is -1.21. The molecule has 1 aromatic rings. The molecule has 0 aromatic heterocycles. The summed E-state index contributed by atoms with van der Waals surface area (Å²) in [6.07, 6.45) is -0.522. The van der Waals surface area contributed by atoms with Gasteiger partial charge in [-0.2, -0.15) is 0 Å². The van der Waals surface area contributed by atoms with Gasteiger partial charge in [-0.15, -0.1) is 0 Å². The van der Waals surface area contributed by atoms with Gasteiger partial charge in [-0.1, -0.05) is 17.7 Å². The van der Waals surface area contributed by atoms with Gasteiger partial charge in [0.15, 0.2) is 0 Å². The highest BCUT2D eigenvalue weighted by molar-refractivity contribution is 6.30. The third-order valence-corrected chi connectivity index (χ3v) is 4.06. The molecular weight excluding hydrogens is 311 g/mol. The van der Waals surface area contributed by atoms with Gasteiger partial charge in [0.25, 0.3) is 0 Å². The maximum absolute atomic E-state index is 13.8. The molecule has 1 heterocycles. The van der Waals surface area contributed by atoms with Crippen LogP contribution in [0.3, 0.4) is 0 Å². The zero-order valence-electron chi connectivity index (χ0n) is 12.6. The van der Waals surface area contributed by atoms with Crippen LogP contribution in [-0.4, -0.2) is 44.9 Å². The first-order valence-corrected chi connectivity index (χ1v) is 7.43. The van der Waals surface area contributed by atoms with Crippen molar-refractivity contribution in [2.45, 2.75) is 18.6 Å². The Labute approximate surface area is 134 Å². The van der Waals surface area contributed by atoms with Crippen molar-refractivity contribution >= 4 is 17.5 Å². The second-order valence-electron chi connectivity index (χ2n) is 5.28. The number of carbonyl (C=O) groups excluding carboxylic acids is 1. The lowest BCUT2D eigenvalue weighted by Crippen LogP contribution is -2.54. The molecule has 0 unspecified atom stereocenters. The predicted octanol–water partition coefficient (Wildman–Crippen LogP) is 1.66. The molecule has 5 nitrogen and oxygen atoms in total. The van der Waals surface area contributed by atoms with Crippen LogP contribution in [0.5, 0.6) is 0 Å². The first-order valence-electron chi connectivity index (χ1n) is 7.05. The molecule has 0 radical (unpaired) electrons. The standard InChI is InChI=1S/C15H20ClFN2O3/c1-10(20)19-9-15(21-2)8-18-5-6-22-14(15)11-3-4-12(16)13(17)7-11/h3-4,7,14,18H,5-6,8-9H2,1-2H3,(H,19,20)/t14-,15+/m0/s1. The summed E-state index contributed by atoms with van der Waals surface area (Å²) in [5, 5.41) is 6.03. The average molecular weight is 331 g/mol. The molecule has 2 atom stereocenters. The van der Waals surface area contributed by atoms with Crippen molar-refractivity contribution in [3.05, 3.63) is 34.6 Å². The summed E-state index contributed by atoms with van der Waals surface area (Å²) in [5.74, 6) is -0.675. The third kappa shape index (κ3) is 3.76. The zero-order valence-corrected chi connectivity index (χ0v) is 13.4. The van der Waals surface area contributed by atoms with Crippen LogP contribution in [0.25, 0.3) is 0 Å². The highest BCUT2D eigenvalue weighted by atomic mass is 35.5. The summed E-state index contributed by atoms with van der Waals surface area (Å²) in [6, 6.07) is 4.55. The molecule has 2 rings (SSSR count). The number of ether oxygens (including phenoxy) is 2. The number of rotatable bonds is 4. The Bertz CT molecular complexity index is 544. The van der Waals surface area contributed by atoms with E-state index in [-0.39, 0.29) is 17.5 Å². The minimum atomic E-state index is -0.831. The zero-order chi connectivity index (χ0) is 16.2. The molecule has 1 aromatic carbocycles. The first-order chi connectivity index (χ1) is 10.5. The van der Waals surface area contributed by atoms with Crippen LogP contribution in [0.4, 0.5) is 4.39 Å². The van der Waals surface area contributed by atoms with Crippen LogP contribution in [0.1, 0.15) is 18.6 Å². The molecule has 0 spiro atoms. The summed E-state index contributed by atoms with van der Waals surface area (Å²) in [6.45, 7) is 3.27. The van der Waals surface area contributed by atoms with Gasteiger partial charge in [0, 0.05) is 27.1 Å². The van der Waals surface area contributed by atoms with Crippen molar-refractivity contribution in [2.75, 3.05) is 33.4 Å². The summed E-state index contributed by atoms with van der Waals surface area (Å²) >= 11 is 5.74. The first kappa shape index (κ1) is 17.1. The van der Waals surface area contributed by atoms with Gasteiger partial charge in [0.2, 0.25) is 5.91 Å². The number of carbonyl (C=O) groups is 1. The molecule has 2 N–H and O–H groups in total. The Balaban J connectivity index is 2.36. The summed E-state index contributed by atoms with van der Waals surface area (Å²) in [5.41, 5.74) is -0.208. The smallest absolute Gasteiger partial charge is 0.216 e. The number of halogens is 2. The summed E-state index contributed by atoms with van der Waals surface area (Å²) in [7, 11) is 1.55. The third-order valence-electron chi connectivity index (χ3n) is 3.75. The van der Waals surface area contributed by atoms with Crippen molar-refractivity contribution in [1.82, 2.24) is 10.6 Å². The minimum Gasteiger partial charge on any atom is -0.372 e. The fraction of sp³-hybridized carbons (Fsp3) is 0.533. The largest absolute Gasteiger partial charge is 0.372 e. The fourth-order valence-electron chi connectivity index (χ4n) is 2.55. The van der Waals surface area contributed by atoms with E-state index < -0.39 is 17.5 Å². The molecule has 1 saturated heterocycles. The average Bonchev–Trinajstić information content (AvgIpc) is 2.71. The van der Waals surface area contributed by atoms with E-state index in [0.29, 0.717) is 25.3 Å². The van der Waals surface area contributed by atoms with E-state index in [2.05, 4.69) is 10.6 Å². The highest BCUT2D eigenvalue weighted by Gasteiger charge is 2.42. The van der Waals surface area contributed by atoms with E-state index in [0.717, 1.165) is 0 Å². The number of methoxy groups -OCH3 is 1. The maximum atomic E-state index is 13.8. The van der Waals surface area contributed by atoms with E-state index in [1.165, 1.54) is 19.1 Å². The Morgan fingerprint density at radius 2 is 2.41 bits per heavy atom. The van der Waals surface area contributed by atoms with Crippen molar-refractivity contribution < 1.29 is 18.7 Å². The van der Waals surface area contributed by atoms with Gasteiger partial charge >= 0.3 is 0 Å². The van der Waals surface area contributed by atoms with Crippen LogP contribution in [0, 0.1) is 5.82 Å². The van der Waals surface area contributed by atoms with Crippen molar-refractivity contribution in [3.8, 4) is 0 Å². The van der Waals surface area contributed by atoms with E-state index >= 15 is 0 Å². The molecule has 0 aliphatic carbocycles. The monoisotopic (exact) mass is 330 g/mol. The molecule has 22 heavy (non-hydrogen) atoms. The lowest BCUT2D eigenvalue weighted by Gasteiger charge is -2.38. The summed E-state index contributed by atoms with van der Waals surface area (Å²) in [4.78, 5) is 11.3. The number of hydrogen-bond acceptors (Lipinski definition) is 4. The van der Waals surface area contributed by atoms with E-state index in [1.54, 1.807) is 13.2 Å². The van der Waals surface area contributed by atoms with Gasteiger partial charge in [0.05, 0.1) is 18.2 Å². The van der Waals surface area contributed by atoms with E-state index in [4.69, 9.17) is 21.1 Å². The molecule has 0 bridgehead atoms. The van der Waals surface area contributed by atoms with E-state index in [1.807, 2.05) is 0 Å². The Morgan fingerprint density at radius 1 is 1.64 bits per heavy atom. The molecule has 122 valence electrons. The van der Waals surface area contributed by atoms with Crippen LogP contribution in [0.2, 0.25) is 5.02 Å². The van der Waals surface area contributed by atoms with Crippen molar-refractivity contribution in [3.63, 3.8) is 0 Å². The van der Waals surface area contributed by atoms with Crippen LogP contribution in [0.15, 0.2) is 18.2 Å². The lowest BCUT2D eigenvalue weighted by molar-refractivity contribution is -0.129. The topological polar surface area (TPSA) is 59.6 Å². The SMILES string of the molecule is CO[C@@]1(CNC(C)=O)CNCCO[C@H]1c1ccc(Cl)c(F)c1. The van der Waals surface area contributed by atoms with Gasteiger partial charge in [-0.3, -0.25) is 4.79 Å². The molecule has 1 fully saturated rings. The number of benzene rings is 1. The fourth-order valence-corrected chi connectivity index (χ4v) is 2.67. The number of nitrogens with one attached hydrogen (secondary N) is 2. The van der Waals surface area contributed by atoms with E-state index in [9.17, 15) is 9.18 Å². The van der Waals surface area contributed by atoms with Gasteiger partial charge in [-0.25, -0.2) is 4.39 Å². The quantitative estimate of drug-likeness (QED) is 0.881.